The highest BCUT2D eigenvalue weighted by Crippen LogP contribution is 2.20. The minimum absolute atomic E-state index is 0.491. The molecule has 0 N–H and O–H groups in total. The molecule has 110 valence electrons. The van der Waals surface area contributed by atoms with Crippen LogP contribution in [-0.2, 0) is 18.8 Å². The Hall–Kier alpha value is -1.02. The van der Waals surface area contributed by atoms with Gasteiger partial charge in [-0.25, -0.2) is 4.98 Å². The second kappa shape index (κ2) is 7.68. The summed E-state index contributed by atoms with van der Waals surface area (Å²) >= 11 is 6.06. The van der Waals surface area contributed by atoms with Crippen LogP contribution in [0.15, 0.2) is 18.2 Å². The monoisotopic (exact) mass is 292 g/mol. The maximum Gasteiger partial charge on any atom is 0.124 e. The molecule has 0 atom stereocenters. The van der Waals surface area contributed by atoms with Gasteiger partial charge in [0.15, 0.2) is 0 Å². The van der Waals surface area contributed by atoms with Gasteiger partial charge >= 0.3 is 0 Å². The van der Waals surface area contributed by atoms with E-state index in [9.17, 15) is 0 Å². The zero-order valence-electron chi connectivity index (χ0n) is 12.7. The molecule has 0 saturated carbocycles. The van der Waals surface area contributed by atoms with Gasteiger partial charge in [0.2, 0.25) is 0 Å². The molecule has 1 aromatic heterocycles. The van der Waals surface area contributed by atoms with E-state index in [-0.39, 0.29) is 0 Å². The zero-order valence-corrected chi connectivity index (χ0v) is 13.4. The summed E-state index contributed by atoms with van der Waals surface area (Å²) in [5, 5.41) is 0. The smallest absolute Gasteiger partial charge is 0.124 e. The second-order valence-corrected chi connectivity index (χ2v) is 5.67. The number of fused-ring (bicyclic) bond motifs is 1. The number of aryl methyl sites for hydroxylation is 2. The molecular formula is C17H25ClN2. The first-order chi connectivity index (χ1) is 9.80. The highest BCUT2D eigenvalue weighted by atomic mass is 35.5. The van der Waals surface area contributed by atoms with Crippen LogP contribution in [0.2, 0.25) is 0 Å². The van der Waals surface area contributed by atoms with Crippen molar-refractivity contribution in [2.75, 3.05) is 0 Å². The van der Waals surface area contributed by atoms with Crippen LogP contribution in [0.25, 0.3) is 11.0 Å². The molecule has 1 aromatic carbocycles. The molecule has 0 aliphatic rings. The molecule has 0 aliphatic heterocycles. The van der Waals surface area contributed by atoms with E-state index in [4.69, 9.17) is 11.6 Å². The molecule has 0 radical (unpaired) electrons. The highest BCUT2D eigenvalue weighted by molar-refractivity contribution is 6.16. The van der Waals surface area contributed by atoms with E-state index in [1.807, 2.05) is 0 Å². The second-order valence-electron chi connectivity index (χ2n) is 5.40. The van der Waals surface area contributed by atoms with E-state index < -0.39 is 0 Å². The fourth-order valence-electron chi connectivity index (χ4n) is 2.67. The maximum absolute atomic E-state index is 6.06. The minimum atomic E-state index is 0.491. The van der Waals surface area contributed by atoms with E-state index >= 15 is 0 Å². The van der Waals surface area contributed by atoms with Crippen molar-refractivity contribution in [3.63, 3.8) is 0 Å². The Morgan fingerprint density at radius 3 is 2.60 bits per heavy atom. The molecule has 0 unspecified atom stereocenters. The molecule has 2 nitrogen and oxygen atoms in total. The summed E-state index contributed by atoms with van der Waals surface area (Å²) in [6.45, 7) is 5.46. The third-order valence-corrected chi connectivity index (χ3v) is 4.14. The molecular weight excluding hydrogens is 268 g/mol. The van der Waals surface area contributed by atoms with Gasteiger partial charge in [0.05, 0.1) is 16.9 Å². The number of hydrogen-bond acceptors (Lipinski definition) is 1. The minimum Gasteiger partial charge on any atom is -0.327 e. The number of aromatic nitrogens is 2. The van der Waals surface area contributed by atoms with Gasteiger partial charge in [-0.15, -0.1) is 11.6 Å². The molecule has 0 fully saturated rings. The van der Waals surface area contributed by atoms with E-state index in [1.54, 1.807) is 0 Å². The Morgan fingerprint density at radius 2 is 1.90 bits per heavy atom. The largest absolute Gasteiger partial charge is 0.327 e. The number of benzene rings is 1. The van der Waals surface area contributed by atoms with Crippen molar-refractivity contribution < 1.29 is 0 Å². The normalized spacial score (nSPS) is 11.3. The molecule has 0 saturated heterocycles. The molecule has 3 heteroatoms. The third-order valence-electron chi connectivity index (χ3n) is 3.90. The highest BCUT2D eigenvalue weighted by Gasteiger charge is 2.09. The van der Waals surface area contributed by atoms with Crippen molar-refractivity contribution in [3.05, 3.63) is 29.6 Å². The van der Waals surface area contributed by atoms with Crippen molar-refractivity contribution in [3.8, 4) is 0 Å². The Kier molecular flexibility index (Phi) is 5.90. The standard InChI is InChI=1S/C17H25ClN2/c1-3-5-6-7-8-11-20-16-10-9-14(4-2)12-15(16)19-17(20)13-18/h9-10,12H,3-8,11,13H2,1-2H3. The maximum atomic E-state index is 6.06. The lowest BCUT2D eigenvalue weighted by Crippen LogP contribution is -2.02. The summed E-state index contributed by atoms with van der Waals surface area (Å²) in [7, 11) is 0. The van der Waals surface area contributed by atoms with Gasteiger partial charge in [0.25, 0.3) is 0 Å². The van der Waals surface area contributed by atoms with Crippen LogP contribution < -0.4 is 0 Å². The SMILES string of the molecule is CCCCCCCn1c(CCl)nc2cc(CC)ccc21. The third kappa shape index (κ3) is 3.54. The van der Waals surface area contributed by atoms with E-state index in [0.717, 1.165) is 24.3 Å². The summed E-state index contributed by atoms with van der Waals surface area (Å²) in [5.41, 5.74) is 3.66. The van der Waals surface area contributed by atoms with Crippen LogP contribution in [0.4, 0.5) is 0 Å². The molecule has 1 heterocycles. The average molecular weight is 293 g/mol. The Morgan fingerprint density at radius 1 is 1.10 bits per heavy atom. The van der Waals surface area contributed by atoms with Crippen molar-refractivity contribution in [2.24, 2.45) is 0 Å². The summed E-state index contributed by atoms with van der Waals surface area (Å²) < 4.78 is 2.30. The first kappa shape index (κ1) is 15.4. The van der Waals surface area contributed by atoms with Crippen LogP contribution in [0.5, 0.6) is 0 Å². The lowest BCUT2D eigenvalue weighted by molar-refractivity contribution is 0.567. The van der Waals surface area contributed by atoms with Gasteiger partial charge in [-0.1, -0.05) is 45.6 Å². The van der Waals surface area contributed by atoms with Crippen LogP contribution in [0.1, 0.15) is 57.3 Å². The Labute approximate surface area is 127 Å². The number of imidazole rings is 1. The van der Waals surface area contributed by atoms with Gasteiger partial charge < -0.3 is 4.57 Å². The van der Waals surface area contributed by atoms with Crippen LogP contribution in [0, 0.1) is 0 Å². The summed E-state index contributed by atoms with van der Waals surface area (Å²) in [6.07, 6.45) is 7.52. The van der Waals surface area contributed by atoms with Gasteiger partial charge in [-0.05, 0) is 30.5 Å². The molecule has 20 heavy (non-hydrogen) atoms. The predicted molar refractivity (Wildman–Crippen MR) is 87.4 cm³/mol. The first-order valence-electron chi connectivity index (χ1n) is 7.84. The molecule has 2 aromatic rings. The summed E-state index contributed by atoms with van der Waals surface area (Å²) in [5.74, 6) is 1.50. The Bertz CT molecular complexity index is 545. The van der Waals surface area contributed by atoms with Gasteiger partial charge in [-0.2, -0.15) is 0 Å². The number of halogens is 1. The van der Waals surface area contributed by atoms with E-state index in [1.165, 1.54) is 43.2 Å². The van der Waals surface area contributed by atoms with Crippen LogP contribution in [0.3, 0.4) is 0 Å². The molecule has 0 amide bonds. The lowest BCUT2D eigenvalue weighted by Gasteiger charge is -2.07. The van der Waals surface area contributed by atoms with Crippen LogP contribution >= 0.6 is 11.6 Å². The van der Waals surface area contributed by atoms with E-state index in [2.05, 4.69) is 41.6 Å². The molecule has 0 aliphatic carbocycles. The molecule has 0 spiro atoms. The van der Waals surface area contributed by atoms with Crippen molar-refractivity contribution in [1.82, 2.24) is 9.55 Å². The summed E-state index contributed by atoms with van der Waals surface area (Å²) in [4.78, 5) is 4.69. The summed E-state index contributed by atoms with van der Waals surface area (Å²) in [6, 6.07) is 6.60. The lowest BCUT2D eigenvalue weighted by atomic mass is 10.1. The number of alkyl halides is 1. The average Bonchev–Trinajstić information content (AvgIpc) is 2.84. The Balaban J connectivity index is 2.13. The van der Waals surface area contributed by atoms with Crippen molar-refractivity contribution >= 4 is 22.6 Å². The van der Waals surface area contributed by atoms with Gasteiger partial charge in [-0.3, -0.25) is 0 Å². The fraction of sp³-hybridized carbons (Fsp3) is 0.588. The fourth-order valence-corrected chi connectivity index (χ4v) is 2.87. The first-order valence-corrected chi connectivity index (χ1v) is 8.37. The molecule has 2 rings (SSSR count). The van der Waals surface area contributed by atoms with Crippen molar-refractivity contribution in [2.45, 2.75) is 64.8 Å². The number of unbranched alkanes of at least 4 members (excludes halogenated alkanes) is 4. The van der Waals surface area contributed by atoms with Crippen LogP contribution in [-0.4, -0.2) is 9.55 Å². The number of nitrogens with zero attached hydrogens (tertiary/aromatic N) is 2. The number of hydrogen-bond donors (Lipinski definition) is 0. The zero-order chi connectivity index (χ0) is 14.4. The van der Waals surface area contributed by atoms with Gasteiger partial charge in [0.1, 0.15) is 5.82 Å². The predicted octanol–water partition coefficient (Wildman–Crippen LogP) is 5.31. The van der Waals surface area contributed by atoms with Gasteiger partial charge in [0, 0.05) is 6.54 Å². The quantitative estimate of drug-likeness (QED) is 0.476. The molecule has 0 bridgehead atoms. The van der Waals surface area contributed by atoms with Crippen molar-refractivity contribution in [1.29, 1.82) is 0 Å². The number of rotatable bonds is 8. The topological polar surface area (TPSA) is 17.8 Å². The van der Waals surface area contributed by atoms with E-state index in [0.29, 0.717) is 5.88 Å².